The fourth-order valence-electron chi connectivity index (χ4n) is 0.692. The first-order valence-electron chi connectivity index (χ1n) is 5.66. The fraction of sp³-hybridized carbons (Fsp3) is 0.714. The first-order valence-corrected chi connectivity index (χ1v) is 5.66. The van der Waals surface area contributed by atoms with Crippen molar-refractivity contribution in [1.82, 2.24) is 4.57 Å². The van der Waals surface area contributed by atoms with E-state index in [0.717, 1.165) is 5.92 Å². The first-order chi connectivity index (χ1) is 6.54. The van der Waals surface area contributed by atoms with E-state index >= 15 is 0 Å². The van der Waals surface area contributed by atoms with E-state index in [1.165, 1.54) is 0 Å². The quantitative estimate of drug-likeness (QED) is 0.590. The van der Waals surface area contributed by atoms with Gasteiger partial charge in [-0.2, -0.15) is 0 Å². The number of hydrogen-bond acceptors (Lipinski definition) is 0. The van der Waals surface area contributed by atoms with Crippen LogP contribution in [0, 0.1) is 5.92 Å². The van der Waals surface area contributed by atoms with Crippen LogP contribution in [-0.4, -0.2) is 13.0 Å². The summed E-state index contributed by atoms with van der Waals surface area (Å²) in [7, 11) is 0. The molecule has 1 rings (SSSR count). The van der Waals surface area contributed by atoms with Crippen molar-refractivity contribution in [3.63, 3.8) is 0 Å². The molecule has 2 heteroatoms. The molecule has 1 nitrogen and oxygen atoms in total. The zero-order valence-electron chi connectivity index (χ0n) is 11.5. The third-order valence-electron chi connectivity index (χ3n) is 1.22. The number of hydrogen-bond donors (Lipinski definition) is 0. The third-order valence-corrected chi connectivity index (χ3v) is 1.22. The van der Waals surface area contributed by atoms with Gasteiger partial charge in [0.05, 0.1) is 0 Å². The lowest BCUT2D eigenvalue weighted by Gasteiger charge is -2.03. The summed E-state index contributed by atoms with van der Waals surface area (Å²) in [5.41, 5.74) is 0. The zero-order valence-corrected chi connectivity index (χ0v) is 11.5. The lowest BCUT2D eigenvalue weighted by molar-refractivity contribution is 0.604. The lowest BCUT2D eigenvalue weighted by atomic mass is 10.3. The minimum Gasteiger partial charge on any atom is -0.352 e. The Morgan fingerprint density at radius 3 is 1.19 bits per heavy atom. The summed E-state index contributed by atoms with van der Waals surface area (Å²) >= 11 is 0. The summed E-state index contributed by atoms with van der Waals surface area (Å²) in [5.74, 6) is 0.833. The van der Waals surface area contributed by atoms with Crippen LogP contribution in [-0.2, 0) is 0 Å². The predicted molar refractivity (Wildman–Crippen MR) is 79.2 cm³/mol. The van der Waals surface area contributed by atoms with Gasteiger partial charge in [-0.1, -0.05) is 42.0 Å². The minimum atomic E-state index is 0. The Hall–Kier alpha value is -0.655. The van der Waals surface area contributed by atoms with Gasteiger partial charge in [0, 0.05) is 26.8 Å². The Labute approximate surface area is 106 Å². The second kappa shape index (κ2) is 16.8. The van der Waals surface area contributed by atoms with Gasteiger partial charge in [0.15, 0.2) is 0 Å². The van der Waals surface area contributed by atoms with E-state index in [1.807, 2.05) is 26.0 Å². The SMILES string of the molecule is C.CC.CC(C)C.CC(C)n1cccc1.[B]. The zero-order chi connectivity index (χ0) is 11.6. The molecule has 16 heavy (non-hydrogen) atoms. The molecule has 0 aromatic carbocycles. The fourth-order valence-corrected chi connectivity index (χ4v) is 0.692. The van der Waals surface area contributed by atoms with Crippen LogP contribution in [0.1, 0.15) is 61.9 Å². The van der Waals surface area contributed by atoms with E-state index in [4.69, 9.17) is 0 Å². The molecule has 0 amide bonds. The van der Waals surface area contributed by atoms with Crippen molar-refractivity contribution in [2.75, 3.05) is 0 Å². The van der Waals surface area contributed by atoms with E-state index in [-0.39, 0.29) is 15.8 Å². The van der Waals surface area contributed by atoms with Crippen molar-refractivity contribution in [3.8, 4) is 0 Å². The van der Waals surface area contributed by atoms with Crippen LogP contribution in [0.25, 0.3) is 0 Å². The summed E-state index contributed by atoms with van der Waals surface area (Å²) in [5, 5.41) is 0. The molecule has 1 heterocycles. The van der Waals surface area contributed by atoms with E-state index < -0.39 is 0 Å². The molecule has 0 bridgehead atoms. The average Bonchev–Trinajstić information content (AvgIpc) is 2.58. The average molecular weight is 224 g/mol. The van der Waals surface area contributed by atoms with Crippen LogP contribution < -0.4 is 0 Å². The summed E-state index contributed by atoms with van der Waals surface area (Å²) in [4.78, 5) is 0. The molecule has 0 saturated carbocycles. The van der Waals surface area contributed by atoms with Gasteiger partial charge in [0.2, 0.25) is 0 Å². The van der Waals surface area contributed by atoms with Crippen molar-refractivity contribution >= 4 is 8.41 Å². The van der Waals surface area contributed by atoms with Crippen molar-refractivity contribution in [1.29, 1.82) is 0 Å². The molecular formula is C14H31BN. The number of nitrogens with zero attached hydrogens (tertiary/aromatic N) is 1. The van der Waals surface area contributed by atoms with E-state index in [1.54, 1.807) is 0 Å². The standard InChI is InChI=1S/C7H11N.C4H10.C2H6.CH4.B/c1-7(2)8-5-3-4-6-8;1-4(2)3;1-2;;/h3-7H,1-2H3;4H,1-3H3;1-2H3;1H4;. The lowest BCUT2D eigenvalue weighted by Crippen LogP contribution is -1.94. The largest absolute Gasteiger partial charge is 0.352 e. The second-order valence-electron chi connectivity index (χ2n) is 3.96. The molecule has 0 unspecified atom stereocenters. The highest BCUT2D eigenvalue weighted by atomic mass is 15.0. The van der Waals surface area contributed by atoms with Gasteiger partial charge in [-0.3, -0.25) is 0 Å². The van der Waals surface area contributed by atoms with Crippen LogP contribution in [0.4, 0.5) is 0 Å². The highest BCUT2D eigenvalue weighted by Gasteiger charge is 1.89. The number of aromatic nitrogens is 1. The normalized spacial score (nSPS) is 7.81. The van der Waals surface area contributed by atoms with Crippen molar-refractivity contribution in [2.24, 2.45) is 5.92 Å². The maximum Gasteiger partial charge on any atom is 0.0274 e. The van der Waals surface area contributed by atoms with Crippen LogP contribution in [0.15, 0.2) is 24.5 Å². The molecule has 0 aliphatic carbocycles. The van der Waals surface area contributed by atoms with Crippen LogP contribution in [0.5, 0.6) is 0 Å². The number of rotatable bonds is 1. The Morgan fingerprint density at radius 2 is 1.06 bits per heavy atom. The highest BCUT2D eigenvalue weighted by Crippen LogP contribution is 2.01. The summed E-state index contributed by atoms with van der Waals surface area (Å²) in [6.45, 7) is 14.8. The first kappa shape index (κ1) is 24.5. The van der Waals surface area contributed by atoms with Gasteiger partial charge in [0.1, 0.15) is 0 Å². The Morgan fingerprint density at radius 1 is 0.812 bits per heavy atom. The smallest absolute Gasteiger partial charge is 0.0274 e. The van der Waals surface area contributed by atoms with Crippen LogP contribution in [0.2, 0.25) is 0 Å². The van der Waals surface area contributed by atoms with Crippen LogP contribution in [0.3, 0.4) is 0 Å². The molecule has 3 radical (unpaired) electrons. The molecule has 0 spiro atoms. The summed E-state index contributed by atoms with van der Waals surface area (Å²) in [6, 6.07) is 4.69. The maximum absolute atomic E-state index is 2.17. The summed E-state index contributed by atoms with van der Waals surface area (Å²) in [6.07, 6.45) is 4.15. The Kier molecular flexibility index (Phi) is 25.7. The van der Waals surface area contributed by atoms with Crippen molar-refractivity contribution in [2.45, 2.75) is 61.9 Å². The van der Waals surface area contributed by atoms with Crippen molar-refractivity contribution < 1.29 is 0 Å². The third kappa shape index (κ3) is 19.0. The van der Waals surface area contributed by atoms with Gasteiger partial charge < -0.3 is 4.57 Å². The molecule has 1 aromatic rings. The van der Waals surface area contributed by atoms with E-state index in [9.17, 15) is 0 Å². The second-order valence-corrected chi connectivity index (χ2v) is 3.96. The summed E-state index contributed by atoms with van der Waals surface area (Å²) < 4.78 is 2.17. The molecule has 0 N–H and O–H groups in total. The molecule has 1 aromatic heterocycles. The Bertz CT molecular complexity index is 176. The highest BCUT2D eigenvalue weighted by molar-refractivity contribution is 5.75. The van der Waals surface area contributed by atoms with Gasteiger partial charge in [-0.15, -0.1) is 0 Å². The molecule has 95 valence electrons. The van der Waals surface area contributed by atoms with Gasteiger partial charge in [0.25, 0.3) is 0 Å². The van der Waals surface area contributed by atoms with E-state index in [0.29, 0.717) is 6.04 Å². The van der Waals surface area contributed by atoms with Gasteiger partial charge >= 0.3 is 0 Å². The molecular weight excluding hydrogens is 193 g/mol. The molecule has 0 atom stereocenters. The van der Waals surface area contributed by atoms with Gasteiger partial charge in [-0.05, 0) is 31.9 Å². The monoisotopic (exact) mass is 224 g/mol. The Balaban J connectivity index is -0.0000000793. The van der Waals surface area contributed by atoms with Crippen molar-refractivity contribution in [3.05, 3.63) is 24.5 Å². The molecule has 0 aliphatic heterocycles. The molecule has 0 fully saturated rings. The molecule has 0 aliphatic rings. The van der Waals surface area contributed by atoms with E-state index in [2.05, 4.69) is 51.6 Å². The topological polar surface area (TPSA) is 4.93 Å². The maximum atomic E-state index is 2.17. The minimum absolute atomic E-state index is 0. The van der Waals surface area contributed by atoms with Crippen LogP contribution >= 0.6 is 0 Å². The molecule has 0 saturated heterocycles. The van der Waals surface area contributed by atoms with Gasteiger partial charge in [-0.25, -0.2) is 0 Å². The predicted octanol–water partition coefficient (Wildman–Crippen LogP) is 5.01.